The third-order valence-corrected chi connectivity index (χ3v) is 5.57. The van der Waals surface area contributed by atoms with Gasteiger partial charge in [-0.3, -0.25) is 14.5 Å². The van der Waals surface area contributed by atoms with Crippen molar-refractivity contribution >= 4 is 62.7 Å². The maximum absolute atomic E-state index is 13.0. The van der Waals surface area contributed by atoms with Crippen molar-refractivity contribution in [2.45, 2.75) is 12.8 Å². The average molecular weight is 408 g/mol. The molecule has 1 N–H and O–H groups in total. The summed E-state index contributed by atoms with van der Waals surface area (Å²) in [4.78, 5) is 30.3. The first-order valence-corrected chi connectivity index (χ1v) is 9.83. The van der Waals surface area contributed by atoms with Gasteiger partial charge in [0.2, 0.25) is 5.91 Å². The molecule has 1 fully saturated rings. The minimum atomic E-state index is -0.328. The van der Waals surface area contributed by atoms with Crippen molar-refractivity contribution < 1.29 is 14.0 Å². The lowest BCUT2D eigenvalue weighted by atomic mass is 10.2. The number of thioether (sulfide) groups is 1. The smallest absolute Gasteiger partial charge is 0.266 e. The van der Waals surface area contributed by atoms with Crippen LogP contribution in [0.3, 0.4) is 0 Å². The van der Waals surface area contributed by atoms with E-state index in [1.165, 1.54) is 40.1 Å². The Balaban J connectivity index is 1.54. The van der Waals surface area contributed by atoms with Gasteiger partial charge in [0.15, 0.2) is 5.13 Å². The molecule has 1 aliphatic rings. The number of nitrogens with one attached hydrogen (secondary N) is 1. The molecule has 1 aliphatic heterocycles. The summed E-state index contributed by atoms with van der Waals surface area (Å²) in [7, 11) is 0. The summed E-state index contributed by atoms with van der Waals surface area (Å²) in [6.45, 7) is 0.372. The van der Waals surface area contributed by atoms with Crippen LogP contribution < -0.4 is 5.32 Å². The number of carbonyl (C=O) groups is 2. The quantitative estimate of drug-likeness (QED) is 0.581. The molecule has 3 rings (SSSR count). The fraction of sp³-hybridized carbons (Fsp3) is 0.176. The molecule has 1 aromatic carbocycles. The average Bonchev–Trinajstić information content (AvgIpc) is 3.20. The van der Waals surface area contributed by atoms with Crippen molar-refractivity contribution in [3.8, 4) is 0 Å². The lowest BCUT2D eigenvalue weighted by Crippen LogP contribution is -2.29. The van der Waals surface area contributed by atoms with Crippen LogP contribution in [-0.4, -0.2) is 32.6 Å². The van der Waals surface area contributed by atoms with Gasteiger partial charge >= 0.3 is 0 Å². The lowest BCUT2D eigenvalue weighted by molar-refractivity contribution is -0.122. The second-order valence-electron chi connectivity index (χ2n) is 5.37. The number of carbonyl (C=O) groups excluding carboxylic acids is 2. The maximum Gasteiger partial charge on any atom is 0.266 e. The lowest BCUT2D eigenvalue weighted by Gasteiger charge is -2.13. The summed E-state index contributed by atoms with van der Waals surface area (Å²) in [5.41, 5.74) is 0.731. The van der Waals surface area contributed by atoms with Gasteiger partial charge in [0, 0.05) is 24.5 Å². The molecule has 1 saturated heterocycles. The Bertz CT molecular complexity index is 851. The van der Waals surface area contributed by atoms with Gasteiger partial charge in [-0.15, -0.1) is 11.3 Å². The third-order valence-electron chi connectivity index (χ3n) is 3.51. The second-order valence-corrected chi connectivity index (χ2v) is 7.94. The molecule has 0 spiro atoms. The van der Waals surface area contributed by atoms with Crippen molar-refractivity contribution in [2.24, 2.45) is 0 Å². The van der Waals surface area contributed by atoms with Crippen LogP contribution in [0.5, 0.6) is 0 Å². The molecule has 0 unspecified atom stereocenters. The Kier molecular flexibility index (Phi) is 6.12. The van der Waals surface area contributed by atoms with E-state index in [0.717, 1.165) is 5.56 Å². The molecule has 0 aliphatic carbocycles. The summed E-state index contributed by atoms with van der Waals surface area (Å²) < 4.78 is 13.4. The van der Waals surface area contributed by atoms with Gasteiger partial charge in [0.1, 0.15) is 10.1 Å². The molecular formula is C17H14FN3O2S3. The number of hydrogen-bond acceptors (Lipinski definition) is 6. The fourth-order valence-corrected chi connectivity index (χ4v) is 4.12. The van der Waals surface area contributed by atoms with E-state index >= 15 is 0 Å². The molecular weight excluding hydrogens is 393 g/mol. The number of halogens is 1. The number of hydrogen-bond donors (Lipinski definition) is 1. The van der Waals surface area contributed by atoms with Crippen LogP contribution in [-0.2, 0) is 9.59 Å². The van der Waals surface area contributed by atoms with Crippen LogP contribution in [0, 0.1) is 5.82 Å². The van der Waals surface area contributed by atoms with Crippen LogP contribution in [0.4, 0.5) is 9.52 Å². The van der Waals surface area contributed by atoms with Crippen LogP contribution in [0.2, 0.25) is 0 Å². The predicted molar refractivity (Wildman–Crippen MR) is 106 cm³/mol. The molecule has 9 heteroatoms. The molecule has 0 atom stereocenters. The molecule has 2 amide bonds. The molecule has 2 aromatic rings. The van der Waals surface area contributed by atoms with Gasteiger partial charge in [-0.05, 0) is 30.2 Å². The molecule has 2 heterocycles. The highest BCUT2D eigenvalue weighted by molar-refractivity contribution is 8.26. The maximum atomic E-state index is 13.0. The Morgan fingerprint density at radius 2 is 2.12 bits per heavy atom. The molecule has 5 nitrogen and oxygen atoms in total. The minimum absolute atomic E-state index is 0.146. The molecule has 0 saturated carbocycles. The first kappa shape index (κ1) is 18.7. The van der Waals surface area contributed by atoms with Crippen LogP contribution in [0.25, 0.3) is 6.08 Å². The number of anilines is 1. The number of benzene rings is 1. The van der Waals surface area contributed by atoms with E-state index in [2.05, 4.69) is 10.3 Å². The third kappa shape index (κ3) is 4.75. The van der Waals surface area contributed by atoms with Gasteiger partial charge in [-0.1, -0.05) is 36.1 Å². The summed E-state index contributed by atoms with van der Waals surface area (Å²) in [5.74, 6) is -0.664. The highest BCUT2D eigenvalue weighted by Crippen LogP contribution is 2.32. The number of amides is 2. The predicted octanol–water partition coefficient (Wildman–Crippen LogP) is 3.90. The number of nitrogens with zero attached hydrogens (tertiary/aromatic N) is 2. The first-order chi connectivity index (χ1) is 12.5. The summed E-state index contributed by atoms with van der Waals surface area (Å²) in [5, 5.41) is 5.04. The Labute approximate surface area is 163 Å². The van der Waals surface area contributed by atoms with Gasteiger partial charge < -0.3 is 5.32 Å². The molecule has 26 heavy (non-hydrogen) atoms. The standard InChI is InChI=1S/C17H14FN3O2S3/c18-12-5-3-11(4-6-12)10-13-15(23)21(17(24)26-13)8-1-2-14(22)20-16-19-7-9-25-16/h3-7,9-10H,1-2,8H2,(H,19,20,22)/b13-10-. The minimum Gasteiger partial charge on any atom is -0.302 e. The summed E-state index contributed by atoms with van der Waals surface area (Å²) in [6, 6.07) is 5.89. The zero-order chi connectivity index (χ0) is 18.5. The second kappa shape index (κ2) is 8.52. The Morgan fingerprint density at radius 1 is 1.35 bits per heavy atom. The SMILES string of the molecule is O=C(CCCN1C(=O)/C(=C/c2ccc(F)cc2)SC1=S)Nc1nccs1. The zero-order valence-electron chi connectivity index (χ0n) is 13.5. The topological polar surface area (TPSA) is 62.3 Å². The fourth-order valence-electron chi connectivity index (χ4n) is 2.27. The van der Waals surface area contributed by atoms with E-state index in [-0.39, 0.29) is 24.1 Å². The van der Waals surface area contributed by atoms with Gasteiger partial charge in [-0.2, -0.15) is 0 Å². The number of thiazole rings is 1. The number of thiocarbonyl (C=S) groups is 1. The molecule has 0 bridgehead atoms. The van der Waals surface area contributed by atoms with E-state index in [1.807, 2.05) is 0 Å². The van der Waals surface area contributed by atoms with Crippen molar-refractivity contribution in [1.29, 1.82) is 0 Å². The van der Waals surface area contributed by atoms with E-state index < -0.39 is 0 Å². The van der Waals surface area contributed by atoms with Crippen LogP contribution >= 0.6 is 35.3 Å². The van der Waals surface area contributed by atoms with Crippen molar-refractivity contribution in [1.82, 2.24) is 9.88 Å². The van der Waals surface area contributed by atoms with Crippen molar-refractivity contribution in [3.63, 3.8) is 0 Å². The Morgan fingerprint density at radius 3 is 2.81 bits per heavy atom. The number of rotatable bonds is 6. The number of aromatic nitrogens is 1. The van der Waals surface area contributed by atoms with Gasteiger partial charge in [-0.25, -0.2) is 9.37 Å². The summed E-state index contributed by atoms with van der Waals surface area (Å²) in [6.07, 6.45) is 4.07. The van der Waals surface area contributed by atoms with E-state index in [1.54, 1.807) is 29.8 Å². The highest BCUT2D eigenvalue weighted by Gasteiger charge is 2.31. The monoisotopic (exact) mass is 407 g/mol. The zero-order valence-corrected chi connectivity index (χ0v) is 15.9. The molecule has 0 radical (unpaired) electrons. The molecule has 1 aromatic heterocycles. The van der Waals surface area contributed by atoms with Crippen molar-refractivity contribution in [3.05, 3.63) is 52.1 Å². The summed E-state index contributed by atoms with van der Waals surface area (Å²) >= 11 is 7.82. The van der Waals surface area contributed by atoms with Crippen LogP contribution in [0.1, 0.15) is 18.4 Å². The van der Waals surface area contributed by atoms with Gasteiger partial charge in [0.05, 0.1) is 4.91 Å². The van der Waals surface area contributed by atoms with Crippen LogP contribution in [0.15, 0.2) is 40.7 Å². The first-order valence-electron chi connectivity index (χ1n) is 7.73. The van der Waals surface area contributed by atoms with E-state index in [0.29, 0.717) is 27.3 Å². The Hall–Kier alpha value is -2.10. The normalized spacial score (nSPS) is 15.7. The van der Waals surface area contributed by atoms with E-state index in [4.69, 9.17) is 12.2 Å². The highest BCUT2D eigenvalue weighted by atomic mass is 32.2. The van der Waals surface area contributed by atoms with Gasteiger partial charge in [0.25, 0.3) is 5.91 Å². The van der Waals surface area contributed by atoms with E-state index in [9.17, 15) is 14.0 Å². The van der Waals surface area contributed by atoms with Crippen molar-refractivity contribution in [2.75, 3.05) is 11.9 Å². The molecule has 134 valence electrons. The largest absolute Gasteiger partial charge is 0.302 e.